The molecule has 1 aromatic rings. The van der Waals surface area contributed by atoms with Gasteiger partial charge in [0.25, 0.3) is 5.91 Å². The van der Waals surface area contributed by atoms with E-state index in [1.807, 2.05) is 0 Å². The molecule has 0 aromatic heterocycles. The van der Waals surface area contributed by atoms with Gasteiger partial charge in [0.15, 0.2) is 0 Å². The minimum absolute atomic E-state index is 0.138. The molecule has 3 nitrogen and oxygen atoms in total. The third-order valence-electron chi connectivity index (χ3n) is 2.66. The van der Waals surface area contributed by atoms with E-state index in [9.17, 15) is 18.0 Å². The SMILES string of the molecule is Cc1ccc(C#CCN)c(C(=O)NC(C)CC(F)(F)F)c1. The fourth-order valence-electron chi connectivity index (χ4n) is 1.80. The van der Waals surface area contributed by atoms with Gasteiger partial charge >= 0.3 is 6.18 Å². The molecule has 0 aliphatic rings. The summed E-state index contributed by atoms with van der Waals surface area (Å²) in [6.07, 6.45) is -5.39. The second-order valence-corrected chi connectivity index (χ2v) is 4.75. The van der Waals surface area contributed by atoms with Crippen molar-refractivity contribution >= 4 is 5.91 Å². The number of rotatable bonds is 3. The van der Waals surface area contributed by atoms with E-state index >= 15 is 0 Å². The Kier molecular flexibility index (Phi) is 5.79. The molecule has 0 saturated heterocycles. The largest absolute Gasteiger partial charge is 0.391 e. The molecule has 21 heavy (non-hydrogen) atoms. The monoisotopic (exact) mass is 298 g/mol. The molecule has 0 aliphatic carbocycles. The van der Waals surface area contributed by atoms with Crippen molar-refractivity contribution in [3.05, 3.63) is 34.9 Å². The fraction of sp³-hybridized carbons (Fsp3) is 0.400. The number of halogens is 3. The Morgan fingerprint density at radius 1 is 1.43 bits per heavy atom. The summed E-state index contributed by atoms with van der Waals surface area (Å²) in [4.78, 5) is 12.1. The molecular formula is C15H17F3N2O. The first-order valence-corrected chi connectivity index (χ1v) is 6.40. The van der Waals surface area contributed by atoms with Crippen molar-refractivity contribution in [3.63, 3.8) is 0 Å². The standard InChI is InChI=1S/C15H17F3N2O/c1-10-5-6-12(4-3-7-19)13(8-10)14(21)20-11(2)9-15(16,17)18/h5-6,8,11H,7,9,19H2,1-2H3,(H,20,21). The van der Waals surface area contributed by atoms with Gasteiger partial charge in [-0.15, -0.1) is 0 Å². The summed E-state index contributed by atoms with van der Waals surface area (Å²) in [7, 11) is 0. The van der Waals surface area contributed by atoms with Gasteiger partial charge in [0.2, 0.25) is 0 Å². The minimum atomic E-state index is -4.32. The number of amides is 1. The molecule has 1 atom stereocenters. The van der Waals surface area contributed by atoms with Gasteiger partial charge in [-0.3, -0.25) is 4.79 Å². The number of hydrogen-bond acceptors (Lipinski definition) is 2. The maximum absolute atomic E-state index is 12.3. The molecule has 114 valence electrons. The summed E-state index contributed by atoms with van der Waals surface area (Å²) in [5.74, 6) is 4.80. The Hall–Kier alpha value is -2.00. The number of benzene rings is 1. The van der Waals surface area contributed by atoms with Crippen LogP contribution in [-0.4, -0.2) is 24.7 Å². The summed E-state index contributed by atoms with van der Waals surface area (Å²) in [6, 6.07) is 4.02. The normalized spacial score (nSPS) is 12.3. The van der Waals surface area contributed by atoms with Crippen molar-refractivity contribution in [2.24, 2.45) is 5.73 Å². The predicted molar refractivity (Wildman–Crippen MR) is 74.7 cm³/mol. The Bertz CT molecular complexity index is 571. The second-order valence-electron chi connectivity index (χ2n) is 4.75. The van der Waals surface area contributed by atoms with Crippen LogP contribution in [0.1, 0.15) is 34.8 Å². The third-order valence-corrected chi connectivity index (χ3v) is 2.66. The Balaban J connectivity index is 2.93. The molecule has 0 aliphatic heterocycles. The smallest absolute Gasteiger partial charge is 0.349 e. The van der Waals surface area contributed by atoms with Crippen LogP contribution >= 0.6 is 0 Å². The molecule has 1 rings (SSSR count). The molecule has 3 N–H and O–H groups in total. The maximum Gasteiger partial charge on any atom is 0.391 e. The molecule has 1 amide bonds. The molecule has 0 radical (unpaired) electrons. The molecule has 1 aromatic carbocycles. The summed E-state index contributed by atoms with van der Waals surface area (Å²) in [5.41, 5.74) is 6.81. The van der Waals surface area contributed by atoms with Crippen LogP contribution in [0.15, 0.2) is 18.2 Å². The Morgan fingerprint density at radius 2 is 2.10 bits per heavy atom. The number of carbonyl (C=O) groups excluding carboxylic acids is 1. The van der Waals surface area contributed by atoms with Crippen molar-refractivity contribution in [3.8, 4) is 11.8 Å². The molecule has 0 bridgehead atoms. The number of nitrogens with two attached hydrogens (primary N) is 1. The number of carbonyl (C=O) groups is 1. The molecule has 1 unspecified atom stereocenters. The highest BCUT2D eigenvalue weighted by atomic mass is 19.4. The minimum Gasteiger partial charge on any atom is -0.349 e. The predicted octanol–water partition coefficient (Wildman–Crippen LogP) is 2.38. The zero-order chi connectivity index (χ0) is 16.0. The van der Waals surface area contributed by atoms with Crippen LogP contribution in [0.5, 0.6) is 0 Å². The third kappa shape index (κ3) is 5.88. The lowest BCUT2D eigenvalue weighted by atomic mass is 10.0. The molecule has 6 heteroatoms. The number of nitrogens with one attached hydrogen (secondary N) is 1. The van der Waals surface area contributed by atoms with Crippen LogP contribution in [0.4, 0.5) is 13.2 Å². The van der Waals surface area contributed by atoms with Gasteiger partial charge in [-0.25, -0.2) is 0 Å². The van der Waals surface area contributed by atoms with Crippen molar-refractivity contribution in [1.29, 1.82) is 0 Å². The van der Waals surface area contributed by atoms with Gasteiger partial charge in [-0.05, 0) is 26.0 Å². The van der Waals surface area contributed by atoms with E-state index in [1.54, 1.807) is 25.1 Å². The fourth-order valence-corrected chi connectivity index (χ4v) is 1.80. The summed E-state index contributed by atoms with van der Waals surface area (Å²) in [5, 5.41) is 2.34. The molecular weight excluding hydrogens is 281 g/mol. The zero-order valence-electron chi connectivity index (χ0n) is 11.8. The first-order chi connectivity index (χ1) is 9.73. The Labute approximate surface area is 121 Å². The number of aryl methyl sites for hydroxylation is 1. The van der Waals surface area contributed by atoms with Gasteiger partial charge in [0.05, 0.1) is 18.5 Å². The van der Waals surface area contributed by atoms with Gasteiger partial charge in [0, 0.05) is 11.6 Å². The van der Waals surface area contributed by atoms with Crippen molar-refractivity contribution in [2.75, 3.05) is 6.54 Å². The summed E-state index contributed by atoms with van der Waals surface area (Å²) in [6.45, 7) is 3.24. The van der Waals surface area contributed by atoms with Gasteiger partial charge < -0.3 is 11.1 Å². The van der Waals surface area contributed by atoms with Crippen LogP contribution < -0.4 is 11.1 Å². The average Bonchev–Trinajstić information content (AvgIpc) is 2.34. The molecule has 0 saturated carbocycles. The van der Waals surface area contributed by atoms with E-state index in [0.717, 1.165) is 5.56 Å². The maximum atomic E-state index is 12.3. The van der Waals surface area contributed by atoms with Crippen molar-refractivity contribution < 1.29 is 18.0 Å². The van der Waals surface area contributed by atoms with Crippen LogP contribution in [0.2, 0.25) is 0 Å². The van der Waals surface area contributed by atoms with E-state index in [4.69, 9.17) is 5.73 Å². The number of alkyl halides is 3. The second kappa shape index (κ2) is 7.14. The lowest BCUT2D eigenvalue weighted by molar-refractivity contribution is -0.138. The Morgan fingerprint density at radius 3 is 2.67 bits per heavy atom. The van der Waals surface area contributed by atoms with E-state index in [2.05, 4.69) is 17.2 Å². The van der Waals surface area contributed by atoms with Crippen LogP contribution in [0.25, 0.3) is 0 Å². The summed E-state index contributed by atoms with van der Waals surface area (Å²) >= 11 is 0. The highest BCUT2D eigenvalue weighted by Crippen LogP contribution is 2.21. The average molecular weight is 298 g/mol. The van der Waals surface area contributed by atoms with Gasteiger partial charge in [-0.2, -0.15) is 13.2 Å². The lowest BCUT2D eigenvalue weighted by Crippen LogP contribution is -2.36. The highest BCUT2D eigenvalue weighted by molar-refractivity contribution is 5.97. The van der Waals surface area contributed by atoms with Gasteiger partial charge in [0.1, 0.15) is 0 Å². The molecule has 0 fully saturated rings. The molecule has 0 heterocycles. The van der Waals surface area contributed by atoms with E-state index in [1.165, 1.54) is 6.92 Å². The van der Waals surface area contributed by atoms with Crippen LogP contribution in [-0.2, 0) is 0 Å². The van der Waals surface area contributed by atoms with Crippen molar-refractivity contribution in [1.82, 2.24) is 5.32 Å². The topological polar surface area (TPSA) is 55.1 Å². The first-order valence-electron chi connectivity index (χ1n) is 6.40. The molecule has 0 spiro atoms. The zero-order valence-corrected chi connectivity index (χ0v) is 11.8. The first kappa shape index (κ1) is 17.1. The van der Waals surface area contributed by atoms with Gasteiger partial charge in [-0.1, -0.05) is 23.5 Å². The van der Waals surface area contributed by atoms with E-state index in [0.29, 0.717) is 5.56 Å². The highest BCUT2D eigenvalue weighted by Gasteiger charge is 2.30. The van der Waals surface area contributed by atoms with Crippen LogP contribution in [0.3, 0.4) is 0 Å². The lowest BCUT2D eigenvalue weighted by Gasteiger charge is -2.16. The summed E-state index contributed by atoms with van der Waals surface area (Å²) < 4.78 is 36.8. The van der Waals surface area contributed by atoms with E-state index in [-0.39, 0.29) is 12.1 Å². The van der Waals surface area contributed by atoms with E-state index < -0.39 is 24.5 Å². The quantitative estimate of drug-likeness (QED) is 0.842. The van der Waals surface area contributed by atoms with Crippen LogP contribution in [0, 0.1) is 18.8 Å². The number of hydrogen-bond donors (Lipinski definition) is 2. The van der Waals surface area contributed by atoms with Crippen molar-refractivity contribution in [2.45, 2.75) is 32.5 Å².